The summed E-state index contributed by atoms with van der Waals surface area (Å²) in [7, 11) is -3.47. The van der Waals surface area contributed by atoms with E-state index in [-0.39, 0.29) is 6.04 Å². The first-order chi connectivity index (χ1) is 9.27. The maximum atomic E-state index is 12.7. The van der Waals surface area contributed by atoms with Crippen molar-refractivity contribution in [3.05, 3.63) is 0 Å². The Kier molecular flexibility index (Phi) is 6.44. The molecule has 120 valence electrons. The maximum Gasteiger partial charge on any atom is 0.280 e. The normalized spacial score (nSPS) is 28.2. The molecule has 20 heavy (non-hydrogen) atoms. The summed E-state index contributed by atoms with van der Waals surface area (Å²) in [5.74, 6) is 0.529. The van der Waals surface area contributed by atoms with E-state index in [4.69, 9.17) is 5.73 Å². The first-order valence-electron chi connectivity index (χ1n) is 7.77. The minimum absolute atomic E-state index is 0.102. The van der Waals surface area contributed by atoms with Gasteiger partial charge in [-0.2, -0.15) is 17.4 Å². The molecule has 0 aromatic rings. The zero-order valence-corrected chi connectivity index (χ0v) is 14.2. The molecule has 6 heteroatoms. The van der Waals surface area contributed by atoms with Gasteiger partial charge in [-0.25, -0.2) is 0 Å². The summed E-state index contributed by atoms with van der Waals surface area (Å²) in [6.07, 6.45) is 4.75. The van der Waals surface area contributed by atoms with Gasteiger partial charge in [0.05, 0.1) is 0 Å². The van der Waals surface area contributed by atoms with Gasteiger partial charge in [-0.05, 0) is 39.0 Å². The standard InChI is InChI=1S/C14H31N3O2S/c1-5-9-17(20(18,19)16-12(2)3)14(11-15)8-6-7-13(4)10-14/h12-13,16H,5-11,15H2,1-4H3. The van der Waals surface area contributed by atoms with Crippen molar-refractivity contribution >= 4 is 10.2 Å². The Hall–Kier alpha value is -0.170. The molecule has 1 fully saturated rings. The number of hydrogen-bond acceptors (Lipinski definition) is 3. The number of nitrogens with one attached hydrogen (secondary N) is 1. The summed E-state index contributed by atoms with van der Waals surface area (Å²) in [6.45, 7) is 8.83. The van der Waals surface area contributed by atoms with Crippen LogP contribution in [0, 0.1) is 5.92 Å². The monoisotopic (exact) mass is 305 g/mol. The molecule has 0 spiro atoms. The molecule has 1 rings (SSSR count). The molecule has 0 aliphatic heterocycles. The van der Waals surface area contributed by atoms with Gasteiger partial charge in [0.2, 0.25) is 0 Å². The molecule has 1 aliphatic rings. The van der Waals surface area contributed by atoms with Gasteiger partial charge in [-0.1, -0.05) is 26.7 Å². The average Bonchev–Trinajstić information content (AvgIpc) is 2.34. The van der Waals surface area contributed by atoms with Crippen LogP contribution in [0.5, 0.6) is 0 Å². The topological polar surface area (TPSA) is 75.4 Å². The summed E-state index contributed by atoms with van der Waals surface area (Å²) in [6, 6.07) is -0.102. The second-order valence-corrected chi connectivity index (χ2v) is 8.11. The first kappa shape index (κ1) is 17.9. The van der Waals surface area contributed by atoms with Crippen LogP contribution in [0.2, 0.25) is 0 Å². The number of nitrogens with zero attached hydrogens (tertiary/aromatic N) is 1. The first-order valence-corrected chi connectivity index (χ1v) is 9.21. The van der Waals surface area contributed by atoms with Gasteiger partial charge in [-0.3, -0.25) is 0 Å². The molecular weight excluding hydrogens is 274 g/mol. The molecule has 2 atom stereocenters. The van der Waals surface area contributed by atoms with Crippen LogP contribution in [0.15, 0.2) is 0 Å². The highest BCUT2D eigenvalue weighted by molar-refractivity contribution is 7.87. The van der Waals surface area contributed by atoms with Crippen LogP contribution in [-0.4, -0.2) is 37.4 Å². The van der Waals surface area contributed by atoms with E-state index in [1.54, 1.807) is 4.31 Å². The molecule has 3 N–H and O–H groups in total. The predicted octanol–water partition coefficient (Wildman–Crippen LogP) is 1.85. The fourth-order valence-electron chi connectivity index (χ4n) is 3.32. The van der Waals surface area contributed by atoms with Crippen LogP contribution in [0.1, 0.15) is 59.8 Å². The van der Waals surface area contributed by atoms with Crippen molar-refractivity contribution in [1.29, 1.82) is 0 Å². The highest BCUT2D eigenvalue weighted by Gasteiger charge is 2.44. The van der Waals surface area contributed by atoms with Crippen molar-refractivity contribution in [1.82, 2.24) is 9.03 Å². The fourth-order valence-corrected chi connectivity index (χ4v) is 5.22. The van der Waals surface area contributed by atoms with Gasteiger partial charge in [0.15, 0.2) is 0 Å². The molecule has 1 aliphatic carbocycles. The molecule has 0 aromatic heterocycles. The highest BCUT2D eigenvalue weighted by atomic mass is 32.2. The average molecular weight is 305 g/mol. The van der Waals surface area contributed by atoms with Crippen LogP contribution < -0.4 is 10.5 Å². The Balaban J connectivity index is 3.09. The predicted molar refractivity (Wildman–Crippen MR) is 83.6 cm³/mol. The minimum Gasteiger partial charge on any atom is -0.329 e. The lowest BCUT2D eigenvalue weighted by atomic mass is 9.76. The molecule has 0 amide bonds. The second kappa shape index (κ2) is 7.20. The number of nitrogens with two attached hydrogens (primary N) is 1. The van der Waals surface area contributed by atoms with Gasteiger partial charge >= 0.3 is 0 Å². The third-order valence-corrected chi connectivity index (χ3v) is 6.00. The molecular formula is C14H31N3O2S. The van der Waals surface area contributed by atoms with E-state index >= 15 is 0 Å². The molecule has 0 saturated heterocycles. The van der Waals surface area contributed by atoms with Crippen LogP contribution >= 0.6 is 0 Å². The lowest BCUT2D eigenvalue weighted by Gasteiger charge is -2.46. The Morgan fingerprint density at radius 2 is 2.10 bits per heavy atom. The summed E-state index contributed by atoms with van der Waals surface area (Å²) in [5.41, 5.74) is 5.62. The van der Waals surface area contributed by atoms with E-state index < -0.39 is 15.7 Å². The number of hydrogen-bond donors (Lipinski definition) is 2. The van der Waals surface area contributed by atoms with Crippen molar-refractivity contribution in [2.24, 2.45) is 11.7 Å². The smallest absolute Gasteiger partial charge is 0.280 e. The lowest BCUT2D eigenvalue weighted by Crippen LogP contribution is -2.61. The molecule has 2 unspecified atom stereocenters. The quantitative estimate of drug-likeness (QED) is 0.753. The fraction of sp³-hybridized carbons (Fsp3) is 1.00. The second-order valence-electron chi connectivity index (χ2n) is 6.48. The van der Waals surface area contributed by atoms with Crippen molar-refractivity contribution in [2.75, 3.05) is 13.1 Å². The van der Waals surface area contributed by atoms with Gasteiger partial charge < -0.3 is 5.73 Å². The highest BCUT2D eigenvalue weighted by Crippen LogP contribution is 2.37. The third kappa shape index (κ3) is 4.16. The van der Waals surface area contributed by atoms with Crippen LogP contribution in [-0.2, 0) is 10.2 Å². The Morgan fingerprint density at radius 3 is 2.55 bits per heavy atom. The summed E-state index contributed by atoms with van der Waals surface area (Å²) in [5, 5.41) is 0. The third-order valence-electron chi connectivity index (χ3n) is 4.08. The van der Waals surface area contributed by atoms with Crippen molar-refractivity contribution < 1.29 is 8.42 Å². The Labute approximate surface area is 124 Å². The number of rotatable bonds is 7. The molecule has 0 heterocycles. The van der Waals surface area contributed by atoms with Crippen molar-refractivity contribution in [3.8, 4) is 0 Å². The van der Waals surface area contributed by atoms with Crippen molar-refractivity contribution in [2.45, 2.75) is 71.4 Å². The van der Waals surface area contributed by atoms with Crippen molar-refractivity contribution in [3.63, 3.8) is 0 Å². The van der Waals surface area contributed by atoms with Gasteiger partial charge in [0.1, 0.15) is 0 Å². The van der Waals surface area contributed by atoms with E-state index in [2.05, 4.69) is 11.6 Å². The van der Waals surface area contributed by atoms with Gasteiger partial charge in [0, 0.05) is 24.7 Å². The van der Waals surface area contributed by atoms with Crippen LogP contribution in [0.4, 0.5) is 0 Å². The molecule has 1 saturated carbocycles. The SMILES string of the molecule is CCCN(C1(CN)CCCC(C)C1)S(=O)(=O)NC(C)C. The molecule has 0 bridgehead atoms. The van der Waals surface area contributed by atoms with E-state index in [0.717, 1.165) is 25.7 Å². The summed E-state index contributed by atoms with van der Waals surface area (Å²) in [4.78, 5) is 0. The van der Waals surface area contributed by atoms with E-state index in [9.17, 15) is 8.42 Å². The van der Waals surface area contributed by atoms with Crippen LogP contribution in [0.3, 0.4) is 0 Å². The molecule has 0 radical (unpaired) electrons. The Bertz CT molecular complexity index is 397. The van der Waals surface area contributed by atoms with E-state index in [1.807, 2.05) is 20.8 Å². The minimum atomic E-state index is -3.47. The Morgan fingerprint density at radius 1 is 1.45 bits per heavy atom. The lowest BCUT2D eigenvalue weighted by molar-refractivity contribution is 0.107. The summed E-state index contributed by atoms with van der Waals surface area (Å²) >= 11 is 0. The maximum absolute atomic E-state index is 12.7. The summed E-state index contributed by atoms with van der Waals surface area (Å²) < 4.78 is 29.7. The van der Waals surface area contributed by atoms with E-state index in [0.29, 0.717) is 19.0 Å². The zero-order chi connectivity index (χ0) is 15.4. The zero-order valence-electron chi connectivity index (χ0n) is 13.4. The largest absolute Gasteiger partial charge is 0.329 e. The molecule has 0 aromatic carbocycles. The van der Waals surface area contributed by atoms with Gasteiger partial charge in [0.25, 0.3) is 10.2 Å². The van der Waals surface area contributed by atoms with Crippen LogP contribution in [0.25, 0.3) is 0 Å². The van der Waals surface area contributed by atoms with Gasteiger partial charge in [-0.15, -0.1) is 0 Å². The molecule has 5 nitrogen and oxygen atoms in total. The van der Waals surface area contributed by atoms with E-state index in [1.165, 1.54) is 6.42 Å².